The van der Waals surface area contributed by atoms with E-state index in [4.69, 9.17) is 4.74 Å². The highest BCUT2D eigenvalue weighted by molar-refractivity contribution is 7.92. The number of sulfonamides is 1. The molecule has 2 aromatic rings. The predicted octanol–water partition coefficient (Wildman–Crippen LogP) is 2.44. The number of anilines is 1. The topological polar surface area (TPSA) is 68.3 Å². The Morgan fingerprint density at radius 2 is 1.95 bits per heavy atom. The number of nitrogens with one attached hydrogen (secondary N) is 1. The average Bonchev–Trinajstić information content (AvgIpc) is 2.38. The number of rotatable bonds is 4. The van der Waals surface area contributed by atoms with Crippen molar-refractivity contribution in [3.05, 3.63) is 42.2 Å². The van der Waals surface area contributed by atoms with Crippen molar-refractivity contribution in [3.63, 3.8) is 0 Å². The van der Waals surface area contributed by atoms with Crippen molar-refractivity contribution in [1.29, 1.82) is 0 Å². The Bertz CT molecular complexity index is 727. The minimum atomic E-state index is -3.31. The molecule has 0 unspecified atom stereocenters. The van der Waals surface area contributed by atoms with Crippen molar-refractivity contribution < 1.29 is 13.2 Å². The van der Waals surface area contributed by atoms with Gasteiger partial charge in [0.25, 0.3) is 0 Å². The van der Waals surface area contributed by atoms with Crippen molar-refractivity contribution in [2.75, 3.05) is 18.1 Å². The van der Waals surface area contributed by atoms with Gasteiger partial charge in [0.15, 0.2) is 0 Å². The van der Waals surface area contributed by atoms with Gasteiger partial charge < -0.3 is 4.74 Å². The fourth-order valence-electron chi connectivity index (χ4n) is 1.94. The molecule has 0 radical (unpaired) electrons. The summed E-state index contributed by atoms with van der Waals surface area (Å²) in [6, 6.07) is 7.09. The molecule has 1 aromatic carbocycles. The van der Waals surface area contributed by atoms with Gasteiger partial charge >= 0.3 is 0 Å². The second kappa shape index (κ2) is 5.50. The van der Waals surface area contributed by atoms with Crippen LogP contribution in [0.5, 0.6) is 5.75 Å². The number of hydrogen-bond donors (Lipinski definition) is 1. The summed E-state index contributed by atoms with van der Waals surface area (Å²) in [7, 11) is -1.76. The minimum Gasteiger partial charge on any atom is -0.496 e. The van der Waals surface area contributed by atoms with Gasteiger partial charge in [-0.25, -0.2) is 8.42 Å². The maximum atomic E-state index is 11.2. The Morgan fingerprint density at radius 3 is 2.55 bits per heavy atom. The lowest BCUT2D eigenvalue weighted by molar-refractivity contribution is 0.416. The van der Waals surface area contributed by atoms with E-state index >= 15 is 0 Å². The number of hydrogen-bond acceptors (Lipinski definition) is 4. The number of nitrogens with zero attached hydrogens (tertiary/aromatic N) is 1. The summed E-state index contributed by atoms with van der Waals surface area (Å²) in [4.78, 5) is 4.11. The monoisotopic (exact) mass is 292 g/mol. The standard InChI is InChI=1S/C14H16N2O3S/c1-10-6-7-15-9-13(10)12-5-4-11(8-14(12)19-2)16-20(3,17)18/h4-9,16H,1-3H3. The van der Waals surface area contributed by atoms with E-state index in [0.29, 0.717) is 11.4 Å². The lowest BCUT2D eigenvalue weighted by Crippen LogP contribution is -2.09. The minimum absolute atomic E-state index is 0.467. The summed E-state index contributed by atoms with van der Waals surface area (Å²) in [6.45, 7) is 1.99. The maximum absolute atomic E-state index is 11.2. The Morgan fingerprint density at radius 1 is 1.20 bits per heavy atom. The van der Waals surface area contributed by atoms with Gasteiger partial charge in [-0.15, -0.1) is 0 Å². The van der Waals surface area contributed by atoms with Crippen LogP contribution in [0.2, 0.25) is 0 Å². The van der Waals surface area contributed by atoms with E-state index in [9.17, 15) is 8.42 Å². The third kappa shape index (κ3) is 3.27. The molecule has 1 aromatic heterocycles. The predicted molar refractivity (Wildman–Crippen MR) is 79.4 cm³/mol. The molecule has 0 bridgehead atoms. The van der Waals surface area contributed by atoms with Gasteiger partial charge in [-0.1, -0.05) is 0 Å². The Balaban J connectivity index is 2.49. The molecule has 0 saturated heterocycles. The van der Waals surface area contributed by atoms with E-state index in [0.717, 1.165) is 22.9 Å². The van der Waals surface area contributed by atoms with Crippen LogP contribution in [0.4, 0.5) is 5.69 Å². The van der Waals surface area contributed by atoms with Crippen LogP contribution in [-0.2, 0) is 10.0 Å². The van der Waals surface area contributed by atoms with Crippen LogP contribution in [0.25, 0.3) is 11.1 Å². The van der Waals surface area contributed by atoms with Crippen LogP contribution in [0, 0.1) is 6.92 Å². The van der Waals surface area contributed by atoms with Crippen molar-refractivity contribution in [2.24, 2.45) is 0 Å². The molecule has 0 aliphatic carbocycles. The Labute approximate surface area is 118 Å². The zero-order valence-corrected chi connectivity index (χ0v) is 12.4. The summed E-state index contributed by atoms with van der Waals surface area (Å²) < 4.78 is 30.3. The van der Waals surface area contributed by atoms with Gasteiger partial charge in [-0.05, 0) is 30.7 Å². The van der Waals surface area contributed by atoms with E-state index in [2.05, 4.69) is 9.71 Å². The summed E-state index contributed by atoms with van der Waals surface area (Å²) in [5.41, 5.74) is 3.36. The van der Waals surface area contributed by atoms with Crippen LogP contribution in [0.1, 0.15) is 5.56 Å². The average molecular weight is 292 g/mol. The zero-order valence-electron chi connectivity index (χ0n) is 11.5. The zero-order chi connectivity index (χ0) is 14.8. The molecule has 0 saturated carbocycles. The molecule has 20 heavy (non-hydrogen) atoms. The number of ether oxygens (including phenoxy) is 1. The molecule has 0 amide bonds. The van der Waals surface area contributed by atoms with Crippen molar-refractivity contribution in [2.45, 2.75) is 6.92 Å². The van der Waals surface area contributed by atoms with E-state index in [1.54, 1.807) is 31.6 Å². The number of methoxy groups -OCH3 is 1. The van der Waals surface area contributed by atoms with Crippen molar-refractivity contribution in [1.82, 2.24) is 4.98 Å². The van der Waals surface area contributed by atoms with Gasteiger partial charge in [0, 0.05) is 29.6 Å². The van der Waals surface area contributed by atoms with Gasteiger partial charge in [-0.2, -0.15) is 0 Å². The highest BCUT2D eigenvalue weighted by Crippen LogP contribution is 2.33. The fraction of sp³-hybridized carbons (Fsp3) is 0.214. The lowest BCUT2D eigenvalue weighted by Gasteiger charge is -2.13. The first-order chi connectivity index (χ1) is 9.40. The molecular weight excluding hydrogens is 276 g/mol. The molecule has 0 aliphatic heterocycles. The number of pyridine rings is 1. The second-order valence-corrected chi connectivity index (χ2v) is 6.23. The summed E-state index contributed by atoms with van der Waals surface area (Å²) in [5.74, 6) is 0.592. The van der Waals surface area contributed by atoms with Gasteiger partial charge in [0.2, 0.25) is 10.0 Å². The Kier molecular flexibility index (Phi) is 3.94. The smallest absolute Gasteiger partial charge is 0.229 e. The number of benzene rings is 1. The molecule has 0 spiro atoms. The first-order valence-corrected chi connectivity index (χ1v) is 7.86. The lowest BCUT2D eigenvalue weighted by atomic mass is 10.0. The molecule has 2 rings (SSSR count). The second-order valence-electron chi connectivity index (χ2n) is 4.48. The van der Waals surface area contributed by atoms with Crippen LogP contribution in [0.3, 0.4) is 0 Å². The maximum Gasteiger partial charge on any atom is 0.229 e. The van der Waals surface area contributed by atoms with Gasteiger partial charge in [0.05, 0.1) is 19.1 Å². The van der Waals surface area contributed by atoms with E-state index in [-0.39, 0.29) is 0 Å². The first-order valence-electron chi connectivity index (χ1n) is 5.97. The molecule has 0 aliphatic rings. The molecule has 6 heteroatoms. The molecule has 0 atom stereocenters. The van der Waals surface area contributed by atoms with Gasteiger partial charge in [0.1, 0.15) is 5.75 Å². The summed E-state index contributed by atoms with van der Waals surface area (Å²) >= 11 is 0. The SMILES string of the molecule is COc1cc(NS(C)(=O)=O)ccc1-c1cnccc1C. The highest BCUT2D eigenvalue weighted by atomic mass is 32.2. The molecule has 5 nitrogen and oxygen atoms in total. The fourth-order valence-corrected chi connectivity index (χ4v) is 2.49. The Hall–Kier alpha value is -2.08. The third-order valence-electron chi connectivity index (χ3n) is 2.83. The van der Waals surface area contributed by atoms with E-state index < -0.39 is 10.0 Å². The normalized spacial score (nSPS) is 11.2. The summed E-state index contributed by atoms with van der Waals surface area (Å²) in [5, 5.41) is 0. The third-order valence-corrected chi connectivity index (χ3v) is 3.44. The van der Waals surface area contributed by atoms with E-state index in [1.807, 2.05) is 19.1 Å². The van der Waals surface area contributed by atoms with Crippen molar-refractivity contribution >= 4 is 15.7 Å². The molecule has 1 heterocycles. The largest absolute Gasteiger partial charge is 0.496 e. The molecule has 1 N–H and O–H groups in total. The van der Waals surface area contributed by atoms with E-state index in [1.165, 1.54) is 0 Å². The molecule has 106 valence electrons. The van der Waals surface area contributed by atoms with Gasteiger partial charge in [-0.3, -0.25) is 9.71 Å². The number of aryl methyl sites for hydroxylation is 1. The van der Waals surface area contributed by atoms with Crippen LogP contribution in [-0.4, -0.2) is 26.8 Å². The van der Waals surface area contributed by atoms with Crippen LogP contribution < -0.4 is 9.46 Å². The van der Waals surface area contributed by atoms with Crippen molar-refractivity contribution in [3.8, 4) is 16.9 Å². The molecule has 0 fully saturated rings. The van der Waals surface area contributed by atoms with Crippen LogP contribution >= 0.6 is 0 Å². The number of aromatic nitrogens is 1. The van der Waals surface area contributed by atoms with Crippen LogP contribution in [0.15, 0.2) is 36.7 Å². The molecular formula is C14H16N2O3S. The highest BCUT2D eigenvalue weighted by Gasteiger charge is 2.11. The first kappa shape index (κ1) is 14.3. The quantitative estimate of drug-likeness (QED) is 0.939. The summed E-state index contributed by atoms with van der Waals surface area (Å²) in [6.07, 6.45) is 4.60.